The SMILES string of the molecule is [N-]=[N+]=N[C@@H]1O[C@H](CO)[C@@H](O[C@@H]2O[C@H](COCc3ccccc3)[C@@H](O[C@@H]3O[C@@H]4COC(c5ccccc5)O[C@H]4[C@H](OCc4ccccc4)[C@H]3OC(=O)c3ccc([N+](=O)[O-])cc3)[C@H](O)[C@H]2N2C(=O)c3ccccc3C2=O)[C@H](O)[C@H]1N1C(=O)c2ccccc2C1=O. The number of aliphatic hydroxyl groups is 3. The molecule has 0 saturated carbocycles. The second-order valence-corrected chi connectivity index (χ2v) is 21.4. The minimum atomic E-state index is -2.14. The maximum Gasteiger partial charge on any atom is 0.338 e. The zero-order valence-corrected chi connectivity index (χ0v) is 46.3. The number of benzene rings is 6. The Hall–Kier alpha value is -8.70. The van der Waals surface area contributed by atoms with E-state index in [1.807, 2.05) is 12.1 Å². The molecule has 6 heterocycles. The Bertz CT molecular complexity index is 3530. The first kappa shape index (κ1) is 59.6. The minimum absolute atomic E-state index is 0.0373. The van der Waals surface area contributed by atoms with E-state index in [0.717, 1.165) is 12.1 Å². The standard InChI is InChI=1S/C62H56N6O20/c63-65-64-54-45(66-55(72)38-20-10-11-21-39(38)56(66)73)47(70)49(42(28-69)82-54)86-61-46(67-57(74)40-22-12-13-23-41(40)58(67)75)48(71)50(43(83-61)31-79-29-33-14-4-1-5-15-33)87-62-53(85-59(76)35-24-26-37(27-25-35)68(77)78)52(80-30-34-16-6-2-7-17-34)51-44(84-62)32-81-60(88-51)36-18-8-3-9-19-36/h1-27,42-54,60-62,69-71H,28-32H2/t42-,43-,44-,45-,46-,47-,48-,49-,50-,51-,52+,53-,54-,60?,61+,62+/m1/s1. The molecule has 4 saturated heterocycles. The number of ether oxygens (including phenoxy) is 10. The van der Waals surface area contributed by atoms with Crippen LogP contribution < -0.4 is 0 Å². The first-order valence-electron chi connectivity index (χ1n) is 28.1. The summed E-state index contributed by atoms with van der Waals surface area (Å²) in [5.41, 5.74) is 11.1. The molecule has 6 aromatic rings. The van der Waals surface area contributed by atoms with E-state index in [-0.39, 0.29) is 53.3 Å². The quantitative estimate of drug-likeness (QED) is 0.0175. The molecule has 0 spiro atoms. The summed E-state index contributed by atoms with van der Waals surface area (Å²) in [7, 11) is 0. The Morgan fingerprint density at radius 1 is 0.625 bits per heavy atom. The lowest BCUT2D eigenvalue weighted by Crippen LogP contribution is -2.71. The highest BCUT2D eigenvalue weighted by Gasteiger charge is 2.61. The lowest BCUT2D eigenvalue weighted by atomic mass is 9.92. The van der Waals surface area contributed by atoms with Crippen LogP contribution in [0.4, 0.5) is 5.69 Å². The van der Waals surface area contributed by atoms with Gasteiger partial charge in [0.2, 0.25) is 0 Å². The van der Waals surface area contributed by atoms with Crippen molar-refractivity contribution in [1.82, 2.24) is 9.80 Å². The Kier molecular flexibility index (Phi) is 17.6. The summed E-state index contributed by atoms with van der Waals surface area (Å²) in [5.74, 6) is -4.67. The number of aliphatic hydroxyl groups excluding tert-OH is 3. The fraction of sp³-hybridized carbons (Fsp3) is 0.339. The van der Waals surface area contributed by atoms with Gasteiger partial charge in [0.25, 0.3) is 29.3 Å². The molecule has 26 heteroatoms. The van der Waals surface area contributed by atoms with Gasteiger partial charge in [-0.2, -0.15) is 0 Å². The normalized spacial score (nSPS) is 30.0. The van der Waals surface area contributed by atoms with Gasteiger partial charge < -0.3 is 62.7 Å². The topological polar surface area (TPSA) is 337 Å². The molecule has 0 bridgehead atoms. The van der Waals surface area contributed by atoms with E-state index in [1.54, 1.807) is 78.9 Å². The molecule has 0 radical (unpaired) electrons. The summed E-state index contributed by atoms with van der Waals surface area (Å²) in [6.07, 6.45) is -23.0. The Balaban J connectivity index is 0.944. The highest BCUT2D eigenvalue weighted by molar-refractivity contribution is 6.22. The number of nitro benzene ring substituents is 1. The van der Waals surface area contributed by atoms with Crippen molar-refractivity contribution in [3.8, 4) is 0 Å². The van der Waals surface area contributed by atoms with Gasteiger partial charge in [-0.15, -0.1) is 0 Å². The third-order valence-electron chi connectivity index (χ3n) is 16.1. The lowest BCUT2D eigenvalue weighted by Gasteiger charge is -2.52. The van der Waals surface area contributed by atoms with Gasteiger partial charge in [0.05, 0.1) is 65.8 Å². The van der Waals surface area contributed by atoms with E-state index in [1.165, 1.54) is 60.7 Å². The molecule has 0 aromatic heterocycles. The molecule has 6 aromatic carbocycles. The fourth-order valence-corrected chi connectivity index (χ4v) is 11.8. The number of imide groups is 2. The number of rotatable bonds is 19. The summed E-state index contributed by atoms with van der Waals surface area (Å²) < 4.78 is 65.4. The molecule has 0 aliphatic carbocycles. The van der Waals surface area contributed by atoms with E-state index < -0.39 is 146 Å². The number of esters is 1. The minimum Gasteiger partial charge on any atom is -0.450 e. The molecular weight excluding hydrogens is 1150 g/mol. The second kappa shape index (κ2) is 25.9. The first-order chi connectivity index (χ1) is 42.8. The molecule has 12 rings (SSSR count). The summed E-state index contributed by atoms with van der Waals surface area (Å²) >= 11 is 0. The van der Waals surface area contributed by atoms with Crippen molar-refractivity contribution >= 4 is 35.3 Å². The van der Waals surface area contributed by atoms with Crippen LogP contribution in [0.3, 0.4) is 0 Å². The predicted molar refractivity (Wildman–Crippen MR) is 299 cm³/mol. The van der Waals surface area contributed by atoms with E-state index in [0.29, 0.717) is 26.5 Å². The third kappa shape index (κ3) is 11.7. The van der Waals surface area contributed by atoms with Gasteiger partial charge in [-0.25, -0.2) is 4.79 Å². The molecule has 26 nitrogen and oxygen atoms in total. The van der Waals surface area contributed by atoms with Gasteiger partial charge in [0, 0.05) is 22.6 Å². The number of carbonyl (C=O) groups excluding carboxylic acids is 5. The van der Waals surface area contributed by atoms with Crippen LogP contribution in [0.2, 0.25) is 0 Å². The Morgan fingerprint density at radius 2 is 1.15 bits per heavy atom. The maximum atomic E-state index is 14.8. The lowest BCUT2D eigenvalue weighted by molar-refractivity contribution is -0.389. The largest absolute Gasteiger partial charge is 0.450 e. The highest BCUT2D eigenvalue weighted by atomic mass is 16.8. The number of non-ortho nitro benzene ring substituents is 1. The summed E-state index contributed by atoms with van der Waals surface area (Å²) in [5, 5.41) is 52.2. The zero-order valence-electron chi connectivity index (χ0n) is 46.3. The van der Waals surface area contributed by atoms with E-state index in [9.17, 15) is 54.9 Å². The number of hydrogen-bond donors (Lipinski definition) is 3. The van der Waals surface area contributed by atoms with Gasteiger partial charge in [0.1, 0.15) is 67.0 Å². The van der Waals surface area contributed by atoms with Gasteiger partial charge >= 0.3 is 5.97 Å². The summed E-state index contributed by atoms with van der Waals surface area (Å²) in [6, 6.07) is 39.3. The molecule has 88 heavy (non-hydrogen) atoms. The Morgan fingerprint density at radius 3 is 1.72 bits per heavy atom. The van der Waals surface area contributed by atoms with E-state index in [2.05, 4.69) is 10.0 Å². The molecule has 3 N–H and O–H groups in total. The van der Waals surface area contributed by atoms with Crippen LogP contribution in [-0.2, 0) is 60.6 Å². The van der Waals surface area contributed by atoms with Gasteiger partial charge in [-0.3, -0.25) is 39.1 Å². The fourth-order valence-electron chi connectivity index (χ4n) is 11.8. The van der Waals surface area contributed by atoms with Crippen molar-refractivity contribution in [3.05, 3.63) is 229 Å². The molecule has 6 aliphatic rings. The van der Waals surface area contributed by atoms with Crippen LogP contribution in [0, 0.1) is 10.1 Å². The van der Waals surface area contributed by atoms with Crippen LogP contribution in [0.1, 0.15) is 74.8 Å². The zero-order chi connectivity index (χ0) is 61.2. The number of amides is 4. The van der Waals surface area contributed by atoms with Crippen molar-refractivity contribution in [3.63, 3.8) is 0 Å². The molecular formula is C62H56N6O20. The van der Waals surface area contributed by atoms with Crippen LogP contribution in [0.25, 0.3) is 10.4 Å². The summed E-state index contributed by atoms with van der Waals surface area (Å²) in [6.45, 7) is -1.78. The monoisotopic (exact) mass is 1200 g/mol. The number of azide groups is 1. The first-order valence-corrected chi connectivity index (χ1v) is 28.1. The summed E-state index contributed by atoms with van der Waals surface area (Å²) in [4.78, 5) is 87.5. The molecule has 1 unspecified atom stereocenters. The molecule has 16 atom stereocenters. The molecule has 4 amide bonds. The maximum absolute atomic E-state index is 14.8. The average Bonchev–Trinajstić information content (AvgIpc) is 1.51. The highest BCUT2D eigenvalue weighted by Crippen LogP contribution is 2.42. The van der Waals surface area contributed by atoms with Crippen LogP contribution in [-0.4, -0.2) is 171 Å². The molecule has 6 aliphatic heterocycles. The van der Waals surface area contributed by atoms with Gasteiger partial charge in [0.15, 0.2) is 31.2 Å². The third-order valence-corrected chi connectivity index (χ3v) is 16.1. The van der Waals surface area contributed by atoms with Crippen LogP contribution in [0.5, 0.6) is 0 Å². The Labute approximate surface area is 500 Å². The van der Waals surface area contributed by atoms with Crippen LogP contribution in [0.15, 0.2) is 169 Å². The van der Waals surface area contributed by atoms with Crippen molar-refractivity contribution in [2.75, 3.05) is 19.8 Å². The van der Waals surface area contributed by atoms with Gasteiger partial charge in [-0.05, 0) is 53.1 Å². The van der Waals surface area contributed by atoms with Crippen molar-refractivity contribution in [1.29, 1.82) is 0 Å². The average molecular weight is 1210 g/mol. The number of fused-ring (bicyclic) bond motifs is 3. The number of carbonyl (C=O) groups is 5. The number of nitrogens with zero attached hydrogens (tertiary/aromatic N) is 6. The van der Waals surface area contributed by atoms with Crippen molar-refractivity contribution in [2.45, 2.75) is 111 Å². The smallest absolute Gasteiger partial charge is 0.338 e. The predicted octanol–water partition coefficient (Wildman–Crippen LogP) is 5.34. The number of hydrogen-bond acceptors (Lipinski definition) is 21. The van der Waals surface area contributed by atoms with E-state index >= 15 is 0 Å². The molecule has 4 fully saturated rings. The van der Waals surface area contributed by atoms with Crippen molar-refractivity contribution in [2.24, 2.45) is 5.11 Å². The van der Waals surface area contributed by atoms with E-state index in [4.69, 9.17) is 47.4 Å². The second-order valence-electron chi connectivity index (χ2n) is 21.4. The van der Waals surface area contributed by atoms with Crippen LogP contribution >= 0.6 is 0 Å². The number of nitro groups is 1. The van der Waals surface area contributed by atoms with Crippen molar-refractivity contribution < 1.29 is 91.6 Å². The van der Waals surface area contributed by atoms with Gasteiger partial charge in [-0.1, -0.05) is 120 Å². The molecule has 454 valence electrons.